The average molecular weight is 174 g/mol. The highest BCUT2D eigenvalue weighted by atomic mass is 35.5. The van der Waals surface area contributed by atoms with E-state index < -0.39 is 0 Å². The van der Waals surface area contributed by atoms with E-state index in [1.54, 1.807) is 12.1 Å². The molecule has 0 N–H and O–H groups in total. The second-order valence-electron chi connectivity index (χ2n) is 1.51. The summed E-state index contributed by atoms with van der Waals surface area (Å²) in [6, 6.07) is 3.41. The van der Waals surface area contributed by atoms with Crippen LogP contribution in [0, 0.1) is 12.3 Å². The number of halogens is 2. The zero-order chi connectivity index (χ0) is 6.69. The molecule has 0 bridgehead atoms. The third-order valence-corrected chi connectivity index (χ3v) is 1.10. The van der Waals surface area contributed by atoms with Gasteiger partial charge in [0, 0.05) is 6.20 Å². The lowest BCUT2D eigenvalue weighted by atomic mass is 10.4. The van der Waals surface area contributed by atoms with Gasteiger partial charge in [-0.2, -0.15) is 0 Å². The molecule has 1 aromatic heterocycles. The molecule has 1 aromatic rings. The zero-order valence-corrected chi connectivity index (χ0v) is 6.62. The Morgan fingerprint density at radius 3 is 2.60 bits per heavy atom. The molecule has 0 spiro atoms. The molecule has 52 valence electrons. The molecule has 10 heavy (non-hydrogen) atoms. The fourth-order valence-corrected chi connectivity index (χ4v) is 0.573. The van der Waals surface area contributed by atoms with Crippen LogP contribution in [0.4, 0.5) is 0 Å². The first-order valence-corrected chi connectivity index (χ1v) is 2.79. The van der Waals surface area contributed by atoms with E-state index in [0.29, 0.717) is 10.7 Å². The molecule has 1 nitrogen and oxygen atoms in total. The Labute approximate surface area is 70.8 Å². The van der Waals surface area contributed by atoms with Crippen LogP contribution >= 0.6 is 24.0 Å². The highest BCUT2D eigenvalue weighted by Gasteiger charge is 1.86. The summed E-state index contributed by atoms with van der Waals surface area (Å²) < 4.78 is 0. The van der Waals surface area contributed by atoms with Crippen LogP contribution in [-0.2, 0) is 0 Å². The van der Waals surface area contributed by atoms with Crippen molar-refractivity contribution in [2.24, 2.45) is 0 Å². The maximum Gasteiger partial charge on any atom is 0.112 e. The normalized spacial score (nSPS) is 7.60. The van der Waals surface area contributed by atoms with Crippen molar-refractivity contribution in [3.05, 3.63) is 29.0 Å². The minimum atomic E-state index is 0. The maximum absolute atomic E-state index is 5.54. The summed E-state index contributed by atoms with van der Waals surface area (Å²) in [6.45, 7) is 0. The van der Waals surface area contributed by atoms with Gasteiger partial charge < -0.3 is 0 Å². The van der Waals surface area contributed by atoms with E-state index in [-0.39, 0.29) is 12.4 Å². The number of hydrogen-bond acceptors (Lipinski definition) is 1. The van der Waals surface area contributed by atoms with Crippen LogP contribution in [0.25, 0.3) is 0 Å². The third kappa shape index (κ3) is 2.26. The summed E-state index contributed by atoms with van der Waals surface area (Å²) >= 11 is 5.54. The molecule has 0 atom stereocenters. The first-order valence-electron chi connectivity index (χ1n) is 2.41. The SMILES string of the molecule is C#Cc1ccc(Cl)cn1.Cl. The summed E-state index contributed by atoms with van der Waals surface area (Å²) in [5.74, 6) is 2.38. The largest absolute Gasteiger partial charge is 0.246 e. The zero-order valence-electron chi connectivity index (χ0n) is 5.04. The van der Waals surface area contributed by atoms with Gasteiger partial charge in [-0.3, -0.25) is 0 Å². The highest BCUT2D eigenvalue weighted by Crippen LogP contribution is 2.04. The molecule has 0 saturated carbocycles. The van der Waals surface area contributed by atoms with Crippen molar-refractivity contribution < 1.29 is 0 Å². The molecule has 1 rings (SSSR count). The van der Waals surface area contributed by atoms with Gasteiger partial charge in [0.1, 0.15) is 5.69 Å². The topological polar surface area (TPSA) is 12.9 Å². The number of pyridine rings is 1. The van der Waals surface area contributed by atoms with Gasteiger partial charge in [0.05, 0.1) is 5.02 Å². The monoisotopic (exact) mass is 173 g/mol. The van der Waals surface area contributed by atoms with Gasteiger partial charge in [0.25, 0.3) is 0 Å². The Balaban J connectivity index is 0.000000810. The minimum Gasteiger partial charge on any atom is -0.246 e. The smallest absolute Gasteiger partial charge is 0.112 e. The second kappa shape index (κ2) is 4.16. The summed E-state index contributed by atoms with van der Waals surface area (Å²) in [5.41, 5.74) is 0.611. The first-order chi connectivity index (χ1) is 4.33. The van der Waals surface area contributed by atoms with Gasteiger partial charge in [-0.05, 0) is 12.1 Å². The van der Waals surface area contributed by atoms with Crippen molar-refractivity contribution in [1.82, 2.24) is 4.98 Å². The molecule has 3 heteroatoms. The van der Waals surface area contributed by atoms with Crippen LogP contribution in [0.3, 0.4) is 0 Å². The lowest BCUT2D eigenvalue weighted by molar-refractivity contribution is 1.29. The number of rotatable bonds is 0. The van der Waals surface area contributed by atoms with Crippen LogP contribution in [0.5, 0.6) is 0 Å². The molecule has 0 fully saturated rings. The van der Waals surface area contributed by atoms with Crippen molar-refractivity contribution >= 4 is 24.0 Å². The van der Waals surface area contributed by atoms with Crippen LogP contribution < -0.4 is 0 Å². The van der Waals surface area contributed by atoms with Gasteiger partial charge in [0.2, 0.25) is 0 Å². The molecule has 0 saturated heterocycles. The lowest BCUT2D eigenvalue weighted by Crippen LogP contribution is -1.77. The second-order valence-corrected chi connectivity index (χ2v) is 1.94. The number of aromatic nitrogens is 1. The predicted octanol–water partition coefficient (Wildman–Crippen LogP) is 2.14. The number of terminal acetylenes is 1. The summed E-state index contributed by atoms with van der Waals surface area (Å²) in [5, 5.41) is 0.606. The lowest BCUT2D eigenvalue weighted by Gasteiger charge is -1.87. The Morgan fingerprint density at radius 2 is 2.20 bits per heavy atom. The third-order valence-electron chi connectivity index (χ3n) is 0.875. The van der Waals surface area contributed by atoms with Gasteiger partial charge >= 0.3 is 0 Å². The van der Waals surface area contributed by atoms with Crippen molar-refractivity contribution in [3.8, 4) is 12.3 Å². The van der Waals surface area contributed by atoms with Gasteiger partial charge in [-0.15, -0.1) is 18.8 Å². The Hall–Kier alpha value is -0.710. The molecule has 0 radical (unpaired) electrons. The predicted molar refractivity (Wildman–Crippen MR) is 44.4 cm³/mol. The molecule has 1 heterocycles. The Morgan fingerprint density at radius 1 is 1.50 bits per heavy atom. The quantitative estimate of drug-likeness (QED) is 0.549. The molecule has 0 aliphatic rings. The molecule has 0 aliphatic carbocycles. The van der Waals surface area contributed by atoms with E-state index in [1.807, 2.05) is 0 Å². The molecule has 0 amide bonds. The fraction of sp³-hybridized carbons (Fsp3) is 0. The molecular formula is C7H5Cl2N. The van der Waals surface area contributed by atoms with Crippen LogP contribution in [-0.4, -0.2) is 4.98 Å². The van der Waals surface area contributed by atoms with Crippen molar-refractivity contribution in [1.29, 1.82) is 0 Å². The van der Waals surface area contributed by atoms with E-state index in [4.69, 9.17) is 18.0 Å². The van der Waals surface area contributed by atoms with E-state index in [2.05, 4.69) is 10.9 Å². The van der Waals surface area contributed by atoms with Crippen LogP contribution in [0.15, 0.2) is 18.3 Å². The molecule has 0 aromatic carbocycles. The van der Waals surface area contributed by atoms with Crippen molar-refractivity contribution in [2.75, 3.05) is 0 Å². The summed E-state index contributed by atoms with van der Waals surface area (Å²) in [6.07, 6.45) is 6.57. The van der Waals surface area contributed by atoms with Gasteiger partial charge in [-0.1, -0.05) is 17.5 Å². The minimum absolute atomic E-state index is 0. The number of nitrogens with zero attached hydrogens (tertiary/aromatic N) is 1. The standard InChI is InChI=1S/C7H4ClN.ClH/c1-2-7-4-3-6(8)5-9-7;/h1,3-5H;1H. The van der Waals surface area contributed by atoms with E-state index in [9.17, 15) is 0 Å². The average Bonchev–Trinajstić information content (AvgIpc) is 1.90. The van der Waals surface area contributed by atoms with Crippen LogP contribution in [0.1, 0.15) is 5.69 Å². The summed E-state index contributed by atoms with van der Waals surface area (Å²) in [4.78, 5) is 3.83. The van der Waals surface area contributed by atoms with Crippen molar-refractivity contribution in [3.63, 3.8) is 0 Å². The molecule has 0 aliphatic heterocycles. The van der Waals surface area contributed by atoms with E-state index in [0.717, 1.165) is 0 Å². The first kappa shape index (κ1) is 9.29. The number of hydrogen-bond donors (Lipinski definition) is 0. The van der Waals surface area contributed by atoms with Crippen LogP contribution in [0.2, 0.25) is 5.02 Å². The molecular weight excluding hydrogens is 169 g/mol. The molecule has 0 unspecified atom stereocenters. The maximum atomic E-state index is 5.54. The van der Waals surface area contributed by atoms with E-state index in [1.165, 1.54) is 6.20 Å². The Kier molecular flexibility index (Phi) is 3.87. The van der Waals surface area contributed by atoms with E-state index >= 15 is 0 Å². The van der Waals surface area contributed by atoms with Crippen molar-refractivity contribution in [2.45, 2.75) is 0 Å². The van der Waals surface area contributed by atoms with Gasteiger partial charge in [0.15, 0.2) is 0 Å². The van der Waals surface area contributed by atoms with Gasteiger partial charge in [-0.25, -0.2) is 4.98 Å². The highest BCUT2D eigenvalue weighted by molar-refractivity contribution is 6.30. The Bertz CT molecular complexity index is 235. The fourth-order valence-electron chi connectivity index (χ4n) is 0.461. The summed E-state index contributed by atoms with van der Waals surface area (Å²) in [7, 11) is 0.